The van der Waals surface area contributed by atoms with Crippen LogP contribution in [0.2, 0.25) is 5.02 Å². The summed E-state index contributed by atoms with van der Waals surface area (Å²) in [6.45, 7) is 5.52. The highest BCUT2D eigenvalue weighted by molar-refractivity contribution is 6.32. The van der Waals surface area contributed by atoms with Crippen molar-refractivity contribution in [1.82, 2.24) is 10.3 Å². The van der Waals surface area contributed by atoms with Crippen molar-refractivity contribution < 1.29 is 18.9 Å². The van der Waals surface area contributed by atoms with Gasteiger partial charge in [0.1, 0.15) is 11.5 Å². The van der Waals surface area contributed by atoms with Crippen molar-refractivity contribution in [3.8, 4) is 22.8 Å². The van der Waals surface area contributed by atoms with Gasteiger partial charge >= 0.3 is 0 Å². The molecule has 28 heavy (non-hydrogen) atoms. The standard InChI is InChI=1S/C20H20ClN3O4/c1-12(2)26-15-10-8-14(9-11-15)18-19(24-28-23-18)22-20(25)13(3)27-17-7-5-4-6-16(17)21/h4-13H,1-3H3,(H,22,24,25)/t13-/m1/s1. The highest BCUT2D eigenvalue weighted by Gasteiger charge is 2.21. The number of hydrogen-bond acceptors (Lipinski definition) is 6. The summed E-state index contributed by atoms with van der Waals surface area (Å²) in [5.41, 5.74) is 1.14. The number of carbonyl (C=O) groups is 1. The number of anilines is 1. The molecule has 2 aromatic carbocycles. The molecule has 0 aliphatic rings. The van der Waals surface area contributed by atoms with Crippen molar-refractivity contribution in [2.45, 2.75) is 33.0 Å². The predicted octanol–water partition coefficient (Wildman–Crippen LogP) is 4.58. The topological polar surface area (TPSA) is 86.5 Å². The lowest BCUT2D eigenvalue weighted by molar-refractivity contribution is -0.122. The summed E-state index contributed by atoms with van der Waals surface area (Å²) in [7, 11) is 0. The Hall–Kier alpha value is -3.06. The minimum absolute atomic E-state index is 0.0778. The van der Waals surface area contributed by atoms with Gasteiger partial charge in [-0.25, -0.2) is 4.63 Å². The molecule has 0 saturated heterocycles. The van der Waals surface area contributed by atoms with Gasteiger partial charge in [-0.15, -0.1) is 0 Å². The molecule has 3 rings (SSSR count). The summed E-state index contributed by atoms with van der Waals surface area (Å²) in [4.78, 5) is 12.5. The fourth-order valence-electron chi connectivity index (χ4n) is 2.43. The Kier molecular flexibility index (Phi) is 6.16. The van der Waals surface area contributed by atoms with E-state index in [9.17, 15) is 4.79 Å². The van der Waals surface area contributed by atoms with E-state index in [1.54, 1.807) is 31.2 Å². The summed E-state index contributed by atoms with van der Waals surface area (Å²) in [6.07, 6.45) is -0.722. The van der Waals surface area contributed by atoms with Gasteiger partial charge in [-0.2, -0.15) is 0 Å². The van der Waals surface area contributed by atoms with Crippen LogP contribution in [0, 0.1) is 0 Å². The Morgan fingerprint density at radius 3 is 2.43 bits per heavy atom. The third kappa shape index (κ3) is 4.80. The quantitative estimate of drug-likeness (QED) is 0.623. The molecule has 1 amide bonds. The summed E-state index contributed by atoms with van der Waals surface area (Å²) in [5.74, 6) is 0.961. The zero-order chi connectivity index (χ0) is 20.1. The zero-order valence-corrected chi connectivity index (χ0v) is 16.4. The monoisotopic (exact) mass is 401 g/mol. The molecule has 146 valence electrons. The van der Waals surface area contributed by atoms with E-state index < -0.39 is 12.0 Å². The van der Waals surface area contributed by atoms with Gasteiger partial charge in [0.15, 0.2) is 11.8 Å². The van der Waals surface area contributed by atoms with Crippen LogP contribution in [-0.2, 0) is 4.79 Å². The number of amides is 1. The van der Waals surface area contributed by atoms with Crippen LogP contribution < -0.4 is 14.8 Å². The largest absolute Gasteiger partial charge is 0.491 e. The molecule has 8 heteroatoms. The molecule has 1 N–H and O–H groups in total. The molecule has 1 aromatic heterocycles. The average molecular weight is 402 g/mol. The maximum absolute atomic E-state index is 12.5. The minimum Gasteiger partial charge on any atom is -0.491 e. The first-order valence-electron chi connectivity index (χ1n) is 8.75. The second-order valence-electron chi connectivity index (χ2n) is 6.33. The van der Waals surface area contributed by atoms with Gasteiger partial charge in [-0.05, 0) is 67.5 Å². The number of rotatable bonds is 7. The molecule has 0 aliphatic heterocycles. The number of hydrogen-bond donors (Lipinski definition) is 1. The molecule has 0 fully saturated rings. The predicted molar refractivity (Wildman–Crippen MR) is 106 cm³/mol. The molecular weight excluding hydrogens is 382 g/mol. The second kappa shape index (κ2) is 8.75. The van der Waals surface area contributed by atoms with Gasteiger partial charge in [0.2, 0.25) is 5.82 Å². The van der Waals surface area contributed by atoms with E-state index in [4.69, 9.17) is 25.7 Å². The first kappa shape index (κ1) is 19.7. The van der Waals surface area contributed by atoms with Gasteiger partial charge in [0, 0.05) is 5.56 Å². The zero-order valence-electron chi connectivity index (χ0n) is 15.7. The van der Waals surface area contributed by atoms with Gasteiger partial charge in [0.25, 0.3) is 5.91 Å². The lowest BCUT2D eigenvalue weighted by Gasteiger charge is -2.14. The normalized spacial score (nSPS) is 11.9. The smallest absolute Gasteiger partial charge is 0.266 e. The third-order valence-corrected chi connectivity index (χ3v) is 4.05. The van der Waals surface area contributed by atoms with Gasteiger partial charge < -0.3 is 14.8 Å². The van der Waals surface area contributed by atoms with E-state index in [0.29, 0.717) is 16.5 Å². The van der Waals surface area contributed by atoms with Crippen molar-refractivity contribution in [1.29, 1.82) is 0 Å². The van der Waals surface area contributed by atoms with E-state index in [0.717, 1.165) is 11.3 Å². The number of benzene rings is 2. The first-order valence-corrected chi connectivity index (χ1v) is 9.13. The number of halogens is 1. The van der Waals surface area contributed by atoms with E-state index in [2.05, 4.69) is 15.6 Å². The molecule has 1 atom stereocenters. The lowest BCUT2D eigenvalue weighted by atomic mass is 10.1. The molecule has 0 spiro atoms. The molecule has 3 aromatic rings. The van der Waals surface area contributed by atoms with Crippen LogP contribution in [0.5, 0.6) is 11.5 Å². The second-order valence-corrected chi connectivity index (χ2v) is 6.74. The number of para-hydroxylation sites is 1. The number of ether oxygens (including phenoxy) is 2. The van der Waals surface area contributed by atoms with Crippen molar-refractivity contribution in [3.63, 3.8) is 0 Å². The molecule has 1 heterocycles. The summed E-state index contributed by atoms with van der Waals surface area (Å²) < 4.78 is 16.0. The highest BCUT2D eigenvalue weighted by atomic mass is 35.5. The Morgan fingerprint density at radius 1 is 1.04 bits per heavy atom. The van der Waals surface area contributed by atoms with Crippen molar-refractivity contribution in [3.05, 3.63) is 53.6 Å². The SMILES string of the molecule is CC(C)Oc1ccc(-c2nonc2NC(=O)[C@@H](C)Oc2ccccc2Cl)cc1. The summed E-state index contributed by atoms with van der Waals surface area (Å²) in [6, 6.07) is 14.2. The van der Waals surface area contributed by atoms with Crippen LogP contribution in [0.15, 0.2) is 53.2 Å². The number of aromatic nitrogens is 2. The van der Waals surface area contributed by atoms with Gasteiger partial charge in [-0.1, -0.05) is 23.7 Å². The molecule has 0 radical (unpaired) electrons. The maximum Gasteiger partial charge on any atom is 0.266 e. The Morgan fingerprint density at radius 2 is 1.75 bits per heavy atom. The Labute approximate surface area is 167 Å². The minimum atomic E-state index is -0.800. The fourth-order valence-corrected chi connectivity index (χ4v) is 2.61. The fraction of sp³-hybridized carbons (Fsp3) is 0.250. The molecule has 0 bridgehead atoms. The summed E-state index contributed by atoms with van der Waals surface area (Å²) >= 11 is 6.06. The van der Waals surface area contributed by atoms with Gasteiger partial charge in [-0.3, -0.25) is 4.79 Å². The van der Waals surface area contributed by atoms with E-state index >= 15 is 0 Å². The first-order chi connectivity index (χ1) is 13.4. The van der Waals surface area contributed by atoms with E-state index in [1.165, 1.54) is 0 Å². The highest BCUT2D eigenvalue weighted by Crippen LogP contribution is 2.28. The average Bonchev–Trinajstić information content (AvgIpc) is 3.11. The lowest BCUT2D eigenvalue weighted by Crippen LogP contribution is -2.30. The summed E-state index contributed by atoms with van der Waals surface area (Å²) in [5, 5.41) is 10.8. The van der Waals surface area contributed by atoms with Crippen molar-refractivity contribution in [2.24, 2.45) is 0 Å². The van der Waals surface area contributed by atoms with Crippen LogP contribution in [0.4, 0.5) is 5.82 Å². The maximum atomic E-state index is 12.5. The number of carbonyl (C=O) groups excluding carboxylic acids is 1. The molecule has 0 aliphatic carbocycles. The van der Waals surface area contributed by atoms with Crippen LogP contribution >= 0.6 is 11.6 Å². The molecular formula is C20H20ClN3O4. The van der Waals surface area contributed by atoms with Gasteiger partial charge in [0.05, 0.1) is 11.1 Å². The van der Waals surface area contributed by atoms with Crippen LogP contribution in [0.3, 0.4) is 0 Å². The van der Waals surface area contributed by atoms with Crippen LogP contribution in [-0.4, -0.2) is 28.4 Å². The molecule has 0 unspecified atom stereocenters. The van der Waals surface area contributed by atoms with Crippen molar-refractivity contribution >= 4 is 23.3 Å². The Balaban J connectivity index is 1.69. The Bertz CT molecular complexity index is 941. The molecule has 7 nitrogen and oxygen atoms in total. The van der Waals surface area contributed by atoms with Crippen molar-refractivity contribution in [2.75, 3.05) is 5.32 Å². The number of nitrogens with zero attached hydrogens (tertiary/aromatic N) is 2. The number of nitrogens with one attached hydrogen (secondary N) is 1. The van der Waals surface area contributed by atoms with Crippen LogP contribution in [0.25, 0.3) is 11.3 Å². The third-order valence-electron chi connectivity index (χ3n) is 3.74. The van der Waals surface area contributed by atoms with E-state index in [-0.39, 0.29) is 11.9 Å². The van der Waals surface area contributed by atoms with E-state index in [1.807, 2.05) is 38.1 Å². The van der Waals surface area contributed by atoms with Crippen LogP contribution in [0.1, 0.15) is 20.8 Å². The molecule has 0 saturated carbocycles.